The van der Waals surface area contributed by atoms with Gasteiger partial charge in [0, 0.05) is 17.0 Å². The van der Waals surface area contributed by atoms with Crippen molar-refractivity contribution in [1.82, 2.24) is 15.1 Å². The summed E-state index contributed by atoms with van der Waals surface area (Å²) in [6, 6.07) is 11.7. The average Bonchev–Trinajstić information content (AvgIpc) is 3.26. The fourth-order valence-electron chi connectivity index (χ4n) is 4.37. The molecule has 3 aromatic rings. The molecule has 9 heteroatoms. The molecule has 1 aliphatic rings. The number of benzene rings is 2. The zero-order valence-corrected chi connectivity index (χ0v) is 19.2. The minimum Gasteiger partial charge on any atom is -0.503 e. The van der Waals surface area contributed by atoms with Gasteiger partial charge in [-0.25, -0.2) is 4.39 Å². The van der Waals surface area contributed by atoms with Gasteiger partial charge in [0.05, 0.1) is 17.8 Å². The van der Waals surface area contributed by atoms with E-state index in [-0.39, 0.29) is 17.0 Å². The number of nitrogens with zero attached hydrogens (tertiary/aromatic N) is 2. The fraction of sp³-hybridized carbons (Fsp3) is 0.292. The van der Waals surface area contributed by atoms with Gasteiger partial charge in [0.2, 0.25) is 0 Å². The molecule has 1 amide bonds. The molecule has 1 heterocycles. The van der Waals surface area contributed by atoms with Gasteiger partial charge < -0.3 is 10.4 Å². The second-order valence-corrected chi connectivity index (χ2v) is 9.16. The normalized spacial score (nSPS) is 14.9. The van der Waals surface area contributed by atoms with E-state index in [1.807, 2.05) is 24.3 Å². The van der Waals surface area contributed by atoms with E-state index in [9.17, 15) is 19.1 Å². The van der Waals surface area contributed by atoms with Crippen LogP contribution in [-0.2, 0) is 18.5 Å². The Morgan fingerprint density at radius 2 is 1.85 bits per heavy atom. The molecule has 0 unspecified atom stereocenters. The lowest BCUT2D eigenvalue weighted by Gasteiger charge is -2.30. The maximum atomic E-state index is 13.3. The number of halogens is 3. The Bertz CT molecular complexity index is 1240. The Morgan fingerprint density at radius 1 is 1.15 bits per heavy atom. The standard InChI is InChI=1S/C24H22Cl2FN3O3/c25-17-6-4-16(5-7-17)24(9-1-2-10-24)14-30-13-20(31)22(32)21(29-30)23(33)28-12-15-3-8-19(27)18(26)11-15/h3-8,11,13,31H,1-2,9-10,12,14H2,(H,28,33). The molecule has 1 fully saturated rings. The van der Waals surface area contributed by atoms with Gasteiger partial charge in [0.25, 0.3) is 11.3 Å². The van der Waals surface area contributed by atoms with Crippen molar-refractivity contribution in [1.29, 1.82) is 0 Å². The van der Waals surface area contributed by atoms with Crippen LogP contribution in [-0.4, -0.2) is 20.8 Å². The topological polar surface area (TPSA) is 84.2 Å². The van der Waals surface area contributed by atoms with Crippen molar-refractivity contribution in [3.05, 3.63) is 91.6 Å². The largest absolute Gasteiger partial charge is 0.503 e. The molecular formula is C24H22Cl2FN3O3. The van der Waals surface area contributed by atoms with E-state index in [0.29, 0.717) is 17.1 Å². The van der Waals surface area contributed by atoms with Crippen molar-refractivity contribution >= 4 is 29.1 Å². The van der Waals surface area contributed by atoms with Crippen LogP contribution in [0.2, 0.25) is 10.0 Å². The highest BCUT2D eigenvalue weighted by Gasteiger charge is 2.36. The van der Waals surface area contributed by atoms with Crippen molar-refractivity contribution < 1.29 is 14.3 Å². The maximum Gasteiger partial charge on any atom is 0.276 e. The number of amides is 1. The second kappa shape index (κ2) is 9.53. The highest BCUT2D eigenvalue weighted by Crippen LogP contribution is 2.42. The minimum absolute atomic E-state index is 0.0182. The number of hydrogen-bond donors (Lipinski definition) is 2. The van der Waals surface area contributed by atoms with E-state index in [2.05, 4.69) is 10.4 Å². The Morgan fingerprint density at radius 3 is 2.52 bits per heavy atom. The Balaban J connectivity index is 1.58. The van der Waals surface area contributed by atoms with Crippen molar-refractivity contribution in [2.24, 2.45) is 0 Å². The van der Waals surface area contributed by atoms with Crippen LogP contribution in [0.5, 0.6) is 5.75 Å². The molecular weight excluding hydrogens is 468 g/mol. The van der Waals surface area contributed by atoms with E-state index < -0.39 is 28.6 Å². The summed E-state index contributed by atoms with van der Waals surface area (Å²) in [7, 11) is 0. The van der Waals surface area contributed by atoms with Crippen LogP contribution in [0.1, 0.15) is 47.3 Å². The molecule has 4 rings (SSSR count). The van der Waals surface area contributed by atoms with Gasteiger partial charge in [-0.2, -0.15) is 5.10 Å². The first kappa shape index (κ1) is 23.3. The third-order valence-electron chi connectivity index (χ3n) is 6.08. The van der Waals surface area contributed by atoms with Crippen LogP contribution in [0.4, 0.5) is 4.39 Å². The molecule has 0 radical (unpaired) electrons. The SMILES string of the molecule is O=C(NCc1ccc(F)c(Cl)c1)c1nn(CC2(c3ccc(Cl)cc3)CCCC2)cc(O)c1=O. The Hall–Kier alpha value is -2.90. The number of nitrogens with one attached hydrogen (secondary N) is 1. The van der Waals surface area contributed by atoms with Crippen molar-refractivity contribution in [3.8, 4) is 5.75 Å². The summed E-state index contributed by atoms with van der Waals surface area (Å²) in [5.74, 6) is -1.85. The molecule has 2 N–H and O–H groups in total. The van der Waals surface area contributed by atoms with Crippen LogP contribution in [0, 0.1) is 5.82 Å². The lowest BCUT2D eigenvalue weighted by molar-refractivity contribution is 0.0940. The molecule has 6 nitrogen and oxygen atoms in total. The first-order chi connectivity index (χ1) is 15.8. The Labute approximate surface area is 200 Å². The summed E-state index contributed by atoms with van der Waals surface area (Å²) in [5.41, 5.74) is 0.157. The minimum atomic E-state index is -0.854. The second-order valence-electron chi connectivity index (χ2n) is 8.32. The maximum absolute atomic E-state index is 13.3. The highest BCUT2D eigenvalue weighted by atomic mass is 35.5. The van der Waals surface area contributed by atoms with Gasteiger partial charge in [-0.05, 0) is 48.2 Å². The number of rotatable bonds is 6. The molecule has 0 bridgehead atoms. The number of carbonyl (C=O) groups is 1. The molecule has 0 saturated heterocycles. The van der Waals surface area contributed by atoms with Gasteiger partial charge in [-0.1, -0.05) is 54.2 Å². The number of hydrogen-bond acceptors (Lipinski definition) is 4. The van der Waals surface area contributed by atoms with E-state index in [0.717, 1.165) is 31.2 Å². The molecule has 0 atom stereocenters. The monoisotopic (exact) mass is 489 g/mol. The zero-order chi connectivity index (χ0) is 23.6. The molecule has 172 valence electrons. The van der Waals surface area contributed by atoms with Crippen LogP contribution in [0.15, 0.2) is 53.5 Å². The van der Waals surface area contributed by atoms with Crippen LogP contribution in [0.3, 0.4) is 0 Å². The Kier molecular flexibility index (Phi) is 6.72. The summed E-state index contributed by atoms with van der Waals surface area (Å²) in [6.45, 7) is 0.417. The van der Waals surface area contributed by atoms with Crippen molar-refractivity contribution in [3.63, 3.8) is 0 Å². The van der Waals surface area contributed by atoms with E-state index >= 15 is 0 Å². The number of aromatic nitrogens is 2. The highest BCUT2D eigenvalue weighted by molar-refractivity contribution is 6.31. The first-order valence-electron chi connectivity index (χ1n) is 10.6. The summed E-state index contributed by atoms with van der Waals surface area (Å²) in [5, 5.41) is 17.6. The smallest absolute Gasteiger partial charge is 0.276 e. The summed E-state index contributed by atoms with van der Waals surface area (Å²) in [4.78, 5) is 25.1. The third kappa shape index (κ3) is 5.04. The van der Waals surface area contributed by atoms with E-state index in [1.54, 1.807) is 0 Å². The average molecular weight is 490 g/mol. The molecule has 0 aliphatic heterocycles. The first-order valence-corrected chi connectivity index (χ1v) is 11.3. The number of aromatic hydroxyl groups is 1. The van der Waals surface area contributed by atoms with E-state index in [1.165, 1.54) is 29.1 Å². The quantitative estimate of drug-likeness (QED) is 0.518. The lowest BCUT2D eigenvalue weighted by atomic mass is 9.79. The molecule has 33 heavy (non-hydrogen) atoms. The van der Waals surface area contributed by atoms with Gasteiger partial charge >= 0.3 is 0 Å². The zero-order valence-electron chi connectivity index (χ0n) is 17.7. The lowest BCUT2D eigenvalue weighted by Crippen LogP contribution is -2.34. The van der Waals surface area contributed by atoms with Gasteiger partial charge in [-0.15, -0.1) is 0 Å². The van der Waals surface area contributed by atoms with Crippen molar-refractivity contribution in [2.75, 3.05) is 0 Å². The molecule has 2 aromatic carbocycles. The summed E-state index contributed by atoms with van der Waals surface area (Å²) < 4.78 is 14.8. The molecule has 1 aromatic heterocycles. The summed E-state index contributed by atoms with van der Waals surface area (Å²) in [6.07, 6.45) is 5.17. The van der Waals surface area contributed by atoms with Crippen LogP contribution in [0.25, 0.3) is 0 Å². The molecule has 1 aliphatic carbocycles. The van der Waals surface area contributed by atoms with Gasteiger partial charge in [0.15, 0.2) is 11.4 Å². The molecule has 0 spiro atoms. The van der Waals surface area contributed by atoms with E-state index in [4.69, 9.17) is 23.2 Å². The predicted molar refractivity (Wildman–Crippen MR) is 124 cm³/mol. The van der Waals surface area contributed by atoms with Crippen LogP contribution >= 0.6 is 23.2 Å². The number of carbonyl (C=O) groups excluding carboxylic acids is 1. The molecule has 1 saturated carbocycles. The van der Waals surface area contributed by atoms with Crippen LogP contribution < -0.4 is 10.7 Å². The van der Waals surface area contributed by atoms with Gasteiger partial charge in [-0.3, -0.25) is 14.3 Å². The summed E-state index contributed by atoms with van der Waals surface area (Å²) >= 11 is 11.8. The van der Waals surface area contributed by atoms with Crippen molar-refractivity contribution in [2.45, 2.75) is 44.2 Å². The fourth-order valence-corrected chi connectivity index (χ4v) is 4.70. The predicted octanol–water partition coefficient (Wildman–Crippen LogP) is 4.84. The van der Waals surface area contributed by atoms with Gasteiger partial charge in [0.1, 0.15) is 5.82 Å². The third-order valence-corrected chi connectivity index (χ3v) is 6.62.